The van der Waals surface area contributed by atoms with E-state index in [1.807, 2.05) is 0 Å². The number of carbonyl (C=O) groups is 1. The van der Waals surface area contributed by atoms with Crippen molar-refractivity contribution in [3.8, 4) is 22.9 Å². The van der Waals surface area contributed by atoms with Crippen molar-refractivity contribution in [3.05, 3.63) is 77.1 Å². The molecule has 0 aliphatic heterocycles. The standard InChI is InChI=1S/C24H17ClF4N4O3/c1-12(31-22(34)13-8-15(35-23(26)27)10-16(9-13)36-24(28)29)20-21(19-7-6-14(25)11-30-19)33-18-5-3-2-4-17(18)32-20/h2-12,23-24H,1H3,(H,31,34)/t12-/m0/s1. The summed E-state index contributed by atoms with van der Waals surface area (Å²) in [6.07, 6.45) is 1.44. The lowest BCUT2D eigenvalue weighted by Gasteiger charge is -2.18. The van der Waals surface area contributed by atoms with Crippen LogP contribution in [0.25, 0.3) is 22.4 Å². The zero-order chi connectivity index (χ0) is 25.8. The number of pyridine rings is 1. The van der Waals surface area contributed by atoms with Crippen LogP contribution in [0.4, 0.5) is 17.6 Å². The zero-order valence-electron chi connectivity index (χ0n) is 18.5. The molecule has 1 atom stereocenters. The number of hydrogen-bond acceptors (Lipinski definition) is 6. The van der Waals surface area contributed by atoms with Gasteiger partial charge in [0.05, 0.1) is 33.5 Å². The van der Waals surface area contributed by atoms with Gasteiger partial charge in [0, 0.05) is 17.8 Å². The Bertz CT molecular complexity index is 1360. The highest BCUT2D eigenvalue weighted by molar-refractivity contribution is 6.30. The summed E-state index contributed by atoms with van der Waals surface area (Å²) in [5.41, 5.74) is 2.11. The highest BCUT2D eigenvalue weighted by Crippen LogP contribution is 2.29. The third-order valence-electron chi connectivity index (χ3n) is 4.92. The number of fused-ring (bicyclic) bond motifs is 1. The SMILES string of the molecule is C[C@H](NC(=O)c1cc(OC(F)F)cc(OC(F)F)c1)c1nc2ccccc2nc1-c1ccc(Cl)cn1. The van der Waals surface area contributed by atoms with Crippen molar-refractivity contribution in [1.29, 1.82) is 0 Å². The first-order chi connectivity index (χ1) is 17.2. The van der Waals surface area contributed by atoms with E-state index >= 15 is 0 Å². The van der Waals surface area contributed by atoms with Gasteiger partial charge in [-0.05, 0) is 43.3 Å². The van der Waals surface area contributed by atoms with Crippen molar-refractivity contribution in [1.82, 2.24) is 20.3 Å². The lowest BCUT2D eigenvalue weighted by molar-refractivity contribution is -0.0543. The van der Waals surface area contributed by atoms with E-state index in [0.717, 1.165) is 18.2 Å². The molecule has 36 heavy (non-hydrogen) atoms. The van der Waals surface area contributed by atoms with Crippen molar-refractivity contribution in [2.24, 2.45) is 0 Å². The van der Waals surface area contributed by atoms with Crippen molar-refractivity contribution in [2.75, 3.05) is 0 Å². The maximum absolute atomic E-state index is 13.0. The number of nitrogens with one attached hydrogen (secondary N) is 1. The van der Waals surface area contributed by atoms with Gasteiger partial charge in [-0.1, -0.05) is 23.7 Å². The molecule has 0 unspecified atom stereocenters. The van der Waals surface area contributed by atoms with E-state index in [1.54, 1.807) is 43.3 Å². The van der Waals surface area contributed by atoms with E-state index in [-0.39, 0.29) is 5.56 Å². The summed E-state index contributed by atoms with van der Waals surface area (Å²) in [6, 6.07) is 12.4. The predicted molar refractivity (Wildman–Crippen MR) is 123 cm³/mol. The first kappa shape index (κ1) is 25.1. The fourth-order valence-corrected chi connectivity index (χ4v) is 3.52. The topological polar surface area (TPSA) is 86.2 Å². The molecule has 0 spiro atoms. The number of hydrogen-bond donors (Lipinski definition) is 1. The third kappa shape index (κ3) is 5.98. The molecule has 4 aromatic rings. The van der Waals surface area contributed by atoms with E-state index in [9.17, 15) is 22.4 Å². The maximum atomic E-state index is 13.0. The molecule has 0 fully saturated rings. The van der Waals surface area contributed by atoms with Gasteiger partial charge in [-0.15, -0.1) is 0 Å². The van der Waals surface area contributed by atoms with Crippen molar-refractivity contribution >= 4 is 28.5 Å². The Kier molecular flexibility index (Phi) is 7.49. The molecule has 2 heterocycles. The van der Waals surface area contributed by atoms with Crippen LogP contribution in [0.1, 0.15) is 29.0 Å². The van der Waals surface area contributed by atoms with E-state index in [0.29, 0.717) is 33.1 Å². The van der Waals surface area contributed by atoms with Gasteiger partial charge in [-0.25, -0.2) is 9.97 Å². The minimum absolute atomic E-state index is 0.240. The Balaban J connectivity index is 1.69. The second-order valence-corrected chi connectivity index (χ2v) is 7.89. The molecule has 186 valence electrons. The first-order valence-electron chi connectivity index (χ1n) is 10.4. The van der Waals surface area contributed by atoms with Crippen LogP contribution >= 0.6 is 11.6 Å². The van der Waals surface area contributed by atoms with Crippen LogP contribution in [0.15, 0.2) is 60.8 Å². The van der Waals surface area contributed by atoms with Gasteiger partial charge < -0.3 is 14.8 Å². The summed E-state index contributed by atoms with van der Waals surface area (Å²) >= 11 is 5.95. The number of ether oxygens (including phenoxy) is 2. The van der Waals surface area contributed by atoms with Crippen LogP contribution in [0, 0.1) is 0 Å². The average Bonchev–Trinajstić information content (AvgIpc) is 2.82. The molecule has 2 aromatic heterocycles. The van der Waals surface area contributed by atoms with Gasteiger partial charge in [0.1, 0.15) is 17.2 Å². The van der Waals surface area contributed by atoms with Crippen LogP contribution in [-0.4, -0.2) is 34.1 Å². The third-order valence-corrected chi connectivity index (χ3v) is 5.14. The van der Waals surface area contributed by atoms with E-state index < -0.39 is 36.7 Å². The number of amides is 1. The lowest BCUT2D eigenvalue weighted by atomic mass is 10.1. The normalized spacial score (nSPS) is 12.1. The van der Waals surface area contributed by atoms with Crippen LogP contribution < -0.4 is 14.8 Å². The molecule has 0 bridgehead atoms. The van der Waals surface area contributed by atoms with Gasteiger partial charge in [0.2, 0.25) is 0 Å². The number of alkyl halides is 4. The molecule has 0 aliphatic carbocycles. The number of benzene rings is 2. The number of halogens is 5. The molecule has 0 saturated carbocycles. The summed E-state index contributed by atoms with van der Waals surface area (Å²) in [6.45, 7) is -4.83. The Hall–Kier alpha value is -3.99. The molecular weight excluding hydrogens is 504 g/mol. The van der Waals surface area contributed by atoms with E-state index in [1.165, 1.54) is 6.20 Å². The molecular formula is C24H17ClF4N4O3. The van der Waals surface area contributed by atoms with Gasteiger partial charge in [-0.3, -0.25) is 9.78 Å². The summed E-state index contributed by atoms with van der Waals surface area (Å²) in [5.74, 6) is -1.80. The van der Waals surface area contributed by atoms with Gasteiger partial charge in [-0.2, -0.15) is 17.6 Å². The van der Waals surface area contributed by atoms with Crippen molar-refractivity contribution in [3.63, 3.8) is 0 Å². The summed E-state index contributed by atoms with van der Waals surface area (Å²) in [4.78, 5) is 26.6. The summed E-state index contributed by atoms with van der Waals surface area (Å²) in [5, 5.41) is 3.10. The smallest absolute Gasteiger partial charge is 0.387 e. The van der Waals surface area contributed by atoms with E-state index in [2.05, 4.69) is 29.7 Å². The van der Waals surface area contributed by atoms with Gasteiger partial charge >= 0.3 is 13.2 Å². The zero-order valence-corrected chi connectivity index (χ0v) is 19.2. The molecule has 12 heteroatoms. The average molecular weight is 521 g/mol. The first-order valence-corrected chi connectivity index (χ1v) is 10.8. The van der Waals surface area contributed by atoms with Crippen molar-refractivity contribution < 1.29 is 31.8 Å². The monoisotopic (exact) mass is 520 g/mol. The van der Waals surface area contributed by atoms with Gasteiger partial charge in [0.25, 0.3) is 5.91 Å². The molecule has 1 amide bonds. The largest absolute Gasteiger partial charge is 0.435 e. The molecule has 0 saturated heterocycles. The van der Waals surface area contributed by atoms with Crippen molar-refractivity contribution in [2.45, 2.75) is 26.2 Å². The van der Waals surface area contributed by atoms with Crippen LogP contribution in [0.2, 0.25) is 5.02 Å². The molecule has 0 aliphatic rings. The minimum atomic E-state index is -3.23. The molecule has 7 nitrogen and oxygen atoms in total. The number of carbonyl (C=O) groups excluding carboxylic acids is 1. The van der Waals surface area contributed by atoms with Gasteiger partial charge in [0.15, 0.2) is 0 Å². The highest BCUT2D eigenvalue weighted by atomic mass is 35.5. The Morgan fingerprint density at radius 2 is 1.53 bits per heavy atom. The highest BCUT2D eigenvalue weighted by Gasteiger charge is 2.22. The Morgan fingerprint density at radius 1 is 0.917 bits per heavy atom. The number of rotatable bonds is 8. The number of aromatic nitrogens is 3. The molecule has 2 aromatic carbocycles. The maximum Gasteiger partial charge on any atom is 0.387 e. The second-order valence-electron chi connectivity index (χ2n) is 7.45. The lowest BCUT2D eigenvalue weighted by Crippen LogP contribution is -2.28. The summed E-state index contributed by atoms with van der Waals surface area (Å²) in [7, 11) is 0. The molecule has 4 rings (SSSR count). The van der Waals surface area contributed by atoms with E-state index in [4.69, 9.17) is 11.6 Å². The quantitative estimate of drug-likeness (QED) is 0.285. The van der Waals surface area contributed by atoms with Crippen LogP contribution in [0.5, 0.6) is 11.5 Å². The predicted octanol–water partition coefficient (Wildman–Crippen LogP) is 6.04. The summed E-state index contributed by atoms with van der Waals surface area (Å²) < 4.78 is 59.3. The Labute approximate surface area is 207 Å². The van der Waals surface area contributed by atoms with Crippen LogP contribution in [-0.2, 0) is 0 Å². The number of para-hydroxylation sites is 2. The Morgan fingerprint density at radius 3 is 2.08 bits per heavy atom. The molecule has 1 N–H and O–H groups in total. The van der Waals surface area contributed by atoms with Crippen LogP contribution in [0.3, 0.4) is 0 Å². The fraction of sp³-hybridized carbons (Fsp3) is 0.167. The minimum Gasteiger partial charge on any atom is -0.435 e. The molecule has 0 radical (unpaired) electrons. The fourth-order valence-electron chi connectivity index (χ4n) is 3.41. The second kappa shape index (κ2) is 10.7. The number of nitrogens with zero attached hydrogens (tertiary/aromatic N) is 3.